The number of hydrogen-bond donors (Lipinski definition) is 0. The fourth-order valence-electron chi connectivity index (χ4n) is 1.86. The second-order valence-electron chi connectivity index (χ2n) is 3.75. The van der Waals surface area contributed by atoms with Crippen LogP contribution in [0, 0.1) is 0 Å². The SMILES string of the molecule is ClCCn1ccn2nc(-c3cccnc3)cc12. The van der Waals surface area contributed by atoms with Crippen LogP contribution in [0.1, 0.15) is 0 Å². The lowest BCUT2D eigenvalue weighted by Crippen LogP contribution is -1.96. The van der Waals surface area contributed by atoms with Gasteiger partial charge in [-0.15, -0.1) is 11.6 Å². The zero-order valence-corrected chi connectivity index (χ0v) is 9.88. The molecule has 0 atom stereocenters. The summed E-state index contributed by atoms with van der Waals surface area (Å²) in [5, 5.41) is 4.50. The van der Waals surface area contributed by atoms with Gasteiger partial charge in [0.2, 0.25) is 0 Å². The van der Waals surface area contributed by atoms with E-state index in [-0.39, 0.29) is 0 Å². The van der Waals surface area contributed by atoms with Crippen LogP contribution in [-0.2, 0) is 6.54 Å². The van der Waals surface area contributed by atoms with Crippen molar-refractivity contribution in [2.24, 2.45) is 0 Å². The monoisotopic (exact) mass is 246 g/mol. The zero-order chi connectivity index (χ0) is 11.7. The number of alkyl halides is 1. The maximum absolute atomic E-state index is 5.76. The quantitative estimate of drug-likeness (QED) is 0.666. The van der Waals surface area contributed by atoms with E-state index < -0.39 is 0 Å². The van der Waals surface area contributed by atoms with E-state index in [9.17, 15) is 0 Å². The minimum Gasteiger partial charge on any atom is -0.330 e. The molecule has 0 saturated carbocycles. The molecule has 4 nitrogen and oxygen atoms in total. The predicted octanol–water partition coefficient (Wildman–Crippen LogP) is 2.44. The Labute approximate surface area is 103 Å². The van der Waals surface area contributed by atoms with Crippen LogP contribution in [0.4, 0.5) is 0 Å². The number of imidazole rings is 1. The molecule has 3 heterocycles. The van der Waals surface area contributed by atoms with E-state index in [0.29, 0.717) is 5.88 Å². The van der Waals surface area contributed by atoms with Crippen molar-refractivity contribution in [1.82, 2.24) is 19.2 Å². The Morgan fingerprint density at radius 2 is 2.24 bits per heavy atom. The summed E-state index contributed by atoms with van der Waals surface area (Å²) in [7, 11) is 0. The van der Waals surface area contributed by atoms with Gasteiger partial charge < -0.3 is 4.57 Å². The first-order chi connectivity index (χ1) is 8.38. The zero-order valence-electron chi connectivity index (χ0n) is 9.12. The van der Waals surface area contributed by atoms with Gasteiger partial charge in [0.15, 0.2) is 0 Å². The first-order valence-electron chi connectivity index (χ1n) is 5.39. The molecule has 0 fully saturated rings. The minimum atomic E-state index is 0.595. The molecule has 0 aliphatic rings. The Balaban J connectivity index is 2.08. The number of hydrogen-bond acceptors (Lipinski definition) is 2. The number of halogens is 1. The summed E-state index contributed by atoms with van der Waals surface area (Å²) in [6.07, 6.45) is 7.49. The fraction of sp³-hybridized carbons (Fsp3) is 0.167. The molecule has 0 spiro atoms. The Morgan fingerprint density at radius 3 is 3.00 bits per heavy atom. The molecule has 3 rings (SSSR count). The summed E-state index contributed by atoms with van der Waals surface area (Å²) < 4.78 is 3.94. The van der Waals surface area contributed by atoms with Gasteiger partial charge in [-0.2, -0.15) is 5.10 Å². The third-order valence-electron chi connectivity index (χ3n) is 2.68. The molecule has 0 aliphatic heterocycles. The van der Waals surface area contributed by atoms with Gasteiger partial charge in [0.05, 0.1) is 5.69 Å². The highest BCUT2D eigenvalue weighted by Gasteiger charge is 2.07. The molecule has 0 aromatic carbocycles. The van der Waals surface area contributed by atoms with Crippen LogP contribution in [0.25, 0.3) is 16.9 Å². The highest BCUT2D eigenvalue weighted by Crippen LogP contribution is 2.18. The minimum absolute atomic E-state index is 0.595. The van der Waals surface area contributed by atoms with Crippen LogP contribution < -0.4 is 0 Å². The van der Waals surface area contributed by atoms with Gasteiger partial charge in [-0.3, -0.25) is 4.98 Å². The number of aromatic nitrogens is 4. The molecule has 5 heteroatoms. The summed E-state index contributed by atoms with van der Waals surface area (Å²) in [6, 6.07) is 5.95. The number of nitrogens with zero attached hydrogens (tertiary/aromatic N) is 4. The van der Waals surface area contributed by atoms with Gasteiger partial charge in [-0.1, -0.05) is 0 Å². The molecule has 0 aliphatic carbocycles. The fourth-order valence-corrected chi connectivity index (χ4v) is 2.05. The number of aryl methyl sites for hydroxylation is 1. The van der Waals surface area contributed by atoms with E-state index >= 15 is 0 Å². The number of pyridine rings is 1. The third kappa shape index (κ3) is 1.80. The van der Waals surface area contributed by atoms with E-state index in [2.05, 4.69) is 14.6 Å². The first kappa shape index (κ1) is 10.4. The molecule has 0 radical (unpaired) electrons. The Kier molecular flexibility index (Phi) is 2.57. The molecule has 17 heavy (non-hydrogen) atoms. The average molecular weight is 247 g/mol. The van der Waals surface area contributed by atoms with Gasteiger partial charge in [-0.05, 0) is 12.1 Å². The van der Waals surface area contributed by atoms with Gasteiger partial charge in [0.25, 0.3) is 0 Å². The van der Waals surface area contributed by atoms with Crippen molar-refractivity contribution in [3.8, 4) is 11.3 Å². The molecule has 86 valence electrons. The van der Waals surface area contributed by atoms with Crippen LogP contribution in [0.2, 0.25) is 0 Å². The number of fused-ring (bicyclic) bond motifs is 1. The summed E-state index contributed by atoms with van der Waals surface area (Å²) in [5.74, 6) is 0.595. The van der Waals surface area contributed by atoms with Crippen molar-refractivity contribution in [1.29, 1.82) is 0 Å². The number of rotatable bonds is 3. The van der Waals surface area contributed by atoms with E-state index in [1.54, 1.807) is 6.20 Å². The van der Waals surface area contributed by atoms with Gasteiger partial charge in [-0.25, -0.2) is 4.52 Å². The lowest BCUT2D eigenvalue weighted by molar-refractivity contribution is 0.794. The Bertz CT molecular complexity index is 626. The topological polar surface area (TPSA) is 35.1 Å². The van der Waals surface area contributed by atoms with Gasteiger partial charge in [0, 0.05) is 48.8 Å². The van der Waals surface area contributed by atoms with E-state index in [1.807, 2.05) is 41.3 Å². The molecule has 0 amide bonds. The molecular formula is C12H11ClN4. The van der Waals surface area contributed by atoms with Crippen molar-refractivity contribution >= 4 is 17.2 Å². The third-order valence-corrected chi connectivity index (χ3v) is 2.85. The lowest BCUT2D eigenvalue weighted by atomic mass is 10.2. The van der Waals surface area contributed by atoms with Crippen LogP contribution in [-0.4, -0.2) is 25.0 Å². The molecule has 0 bridgehead atoms. The summed E-state index contributed by atoms with van der Waals surface area (Å²) in [4.78, 5) is 4.10. The molecule has 0 saturated heterocycles. The molecule has 0 unspecified atom stereocenters. The van der Waals surface area contributed by atoms with Crippen LogP contribution in [0.15, 0.2) is 43.0 Å². The predicted molar refractivity (Wildman–Crippen MR) is 67.1 cm³/mol. The molecule has 0 N–H and O–H groups in total. The second-order valence-corrected chi connectivity index (χ2v) is 4.13. The summed E-state index contributed by atoms with van der Waals surface area (Å²) >= 11 is 5.76. The van der Waals surface area contributed by atoms with Crippen molar-refractivity contribution in [3.63, 3.8) is 0 Å². The van der Waals surface area contributed by atoms with Crippen LogP contribution in [0.3, 0.4) is 0 Å². The highest BCUT2D eigenvalue weighted by molar-refractivity contribution is 6.17. The highest BCUT2D eigenvalue weighted by atomic mass is 35.5. The Morgan fingerprint density at radius 1 is 1.29 bits per heavy atom. The largest absolute Gasteiger partial charge is 0.330 e. The van der Waals surface area contributed by atoms with E-state index in [4.69, 9.17) is 11.6 Å². The summed E-state index contributed by atoms with van der Waals surface area (Å²) in [5.41, 5.74) is 3.00. The van der Waals surface area contributed by atoms with Crippen molar-refractivity contribution < 1.29 is 0 Å². The van der Waals surface area contributed by atoms with Crippen molar-refractivity contribution in [3.05, 3.63) is 43.0 Å². The first-order valence-corrected chi connectivity index (χ1v) is 5.93. The molecular weight excluding hydrogens is 236 g/mol. The van der Waals surface area contributed by atoms with Crippen LogP contribution >= 0.6 is 11.6 Å². The molecule has 3 aromatic heterocycles. The average Bonchev–Trinajstić information content (AvgIpc) is 2.93. The second kappa shape index (κ2) is 4.22. The molecule has 3 aromatic rings. The van der Waals surface area contributed by atoms with E-state index in [0.717, 1.165) is 23.4 Å². The maximum atomic E-state index is 5.76. The maximum Gasteiger partial charge on any atom is 0.136 e. The van der Waals surface area contributed by atoms with E-state index in [1.165, 1.54) is 0 Å². The van der Waals surface area contributed by atoms with Crippen LogP contribution in [0.5, 0.6) is 0 Å². The van der Waals surface area contributed by atoms with Crippen molar-refractivity contribution in [2.45, 2.75) is 6.54 Å². The normalized spacial score (nSPS) is 11.1. The Hall–Kier alpha value is -1.81. The van der Waals surface area contributed by atoms with Crippen molar-refractivity contribution in [2.75, 3.05) is 5.88 Å². The summed E-state index contributed by atoms with van der Waals surface area (Å²) in [6.45, 7) is 0.788. The lowest BCUT2D eigenvalue weighted by Gasteiger charge is -1.97. The standard InChI is InChI=1S/C12H11ClN4/c13-3-5-16-6-7-17-12(16)8-11(15-17)10-2-1-4-14-9-10/h1-2,4,6-9H,3,5H2. The van der Waals surface area contributed by atoms with Gasteiger partial charge >= 0.3 is 0 Å². The smallest absolute Gasteiger partial charge is 0.136 e. The van der Waals surface area contributed by atoms with Gasteiger partial charge in [0.1, 0.15) is 5.65 Å².